The molecule has 0 spiro atoms. The molecule has 3 heteroatoms. The molecule has 2 aliphatic rings. The molecule has 15 heavy (non-hydrogen) atoms. The molecule has 0 amide bonds. The summed E-state index contributed by atoms with van der Waals surface area (Å²) in [6, 6.07) is 0.247. The second-order valence-corrected chi connectivity index (χ2v) is 4.94. The van der Waals surface area contributed by atoms with Gasteiger partial charge >= 0.3 is 0 Å². The highest BCUT2D eigenvalue weighted by Gasteiger charge is 2.31. The van der Waals surface area contributed by atoms with E-state index in [1.807, 2.05) is 0 Å². The molecule has 1 aliphatic carbocycles. The van der Waals surface area contributed by atoms with Gasteiger partial charge in [0.1, 0.15) is 5.78 Å². The Labute approximate surface area is 91.4 Å². The smallest absolute Gasteiger partial charge is 0.141 e. The predicted molar refractivity (Wildman–Crippen MR) is 58.5 cm³/mol. The highest BCUT2D eigenvalue weighted by Crippen LogP contribution is 2.28. The van der Waals surface area contributed by atoms with Crippen LogP contribution in [0.2, 0.25) is 0 Å². The highest BCUT2D eigenvalue weighted by molar-refractivity contribution is 5.83. The topological polar surface area (TPSA) is 52.3 Å². The molecule has 1 aliphatic heterocycles. The van der Waals surface area contributed by atoms with Crippen molar-refractivity contribution >= 4 is 5.78 Å². The van der Waals surface area contributed by atoms with Gasteiger partial charge in [-0.3, -0.25) is 4.79 Å². The van der Waals surface area contributed by atoms with Crippen LogP contribution in [0.15, 0.2) is 0 Å². The Morgan fingerprint density at radius 1 is 1.13 bits per heavy atom. The number of carbonyl (C=O) groups is 1. The van der Waals surface area contributed by atoms with Crippen molar-refractivity contribution in [3.05, 3.63) is 0 Å². The van der Waals surface area contributed by atoms with Crippen LogP contribution in [0.25, 0.3) is 0 Å². The number of nitrogens with two attached hydrogens (primary N) is 1. The Hall–Kier alpha value is -0.410. The van der Waals surface area contributed by atoms with E-state index in [2.05, 4.69) is 0 Å². The molecule has 1 saturated heterocycles. The minimum Gasteiger partial charge on any atom is -0.381 e. The predicted octanol–water partition coefficient (Wildman–Crippen LogP) is 1.50. The lowest BCUT2D eigenvalue weighted by Crippen LogP contribution is -2.36. The molecule has 3 unspecified atom stereocenters. The van der Waals surface area contributed by atoms with Crippen molar-refractivity contribution in [3.63, 3.8) is 0 Å². The summed E-state index contributed by atoms with van der Waals surface area (Å²) in [6.07, 6.45) is 6.20. The lowest BCUT2D eigenvalue weighted by molar-refractivity contribution is -0.131. The van der Waals surface area contributed by atoms with E-state index < -0.39 is 0 Å². The van der Waals surface area contributed by atoms with Crippen LogP contribution in [0.3, 0.4) is 0 Å². The summed E-state index contributed by atoms with van der Waals surface area (Å²) < 4.78 is 5.37. The van der Waals surface area contributed by atoms with Gasteiger partial charge in [0.15, 0.2) is 0 Å². The first-order valence-corrected chi connectivity index (χ1v) is 6.14. The maximum atomic E-state index is 12.2. The van der Waals surface area contributed by atoms with Gasteiger partial charge in [-0.15, -0.1) is 0 Å². The van der Waals surface area contributed by atoms with E-state index >= 15 is 0 Å². The maximum Gasteiger partial charge on any atom is 0.141 e. The molecule has 0 aromatic rings. The first-order chi connectivity index (χ1) is 7.27. The third-order valence-electron chi connectivity index (χ3n) is 3.68. The number of rotatable bonds is 2. The zero-order valence-corrected chi connectivity index (χ0v) is 9.28. The van der Waals surface area contributed by atoms with Crippen LogP contribution < -0.4 is 5.73 Å². The fraction of sp³-hybridized carbons (Fsp3) is 0.917. The van der Waals surface area contributed by atoms with Gasteiger partial charge in [0, 0.05) is 24.5 Å². The van der Waals surface area contributed by atoms with Crippen LogP contribution in [0.1, 0.15) is 38.5 Å². The Balaban J connectivity index is 1.88. The molecular formula is C12H21NO2. The SMILES string of the molecule is NC1CCCC(C(=O)C2CCCOC2)C1. The van der Waals surface area contributed by atoms with E-state index in [0.29, 0.717) is 12.4 Å². The summed E-state index contributed by atoms with van der Waals surface area (Å²) in [7, 11) is 0. The normalized spacial score (nSPS) is 37.5. The first-order valence-electron chi connectivity index (χ1n) is 6.14. The number of ketones is 1. The van der Waals surface area contributed by atoms with Crippen molar-refractivity contribution < 1.29 is 9.53 Å². The summed E-state index contributed by atoms with van der Waals surface area (Å²) in [5.41, 5.74) is 5.91. The van der Waals surface area contributed by atoms with Crippen molar-refractivity contribution in [1.29, 1.82) is 0 Å². The molecule has 1 heterocycles. The third-order valence-corrected chi connectivity index (χ3v) is 3.68. The Morgan fingerprint density at radius 2 is 1.93 bits per heavy atom. The average Bonchev–Trinajstić information content (AvgIpc) is 2.29. The van der Waals surface area contributed by atoms with Gasteiger partial charge in [-0.1, -0.05) is 6.42 Å². The molecule has 2 N–H and O–H groups in total. The second kappa shape index (κ2) is 5.08. The van der Waals surface area contributed by atoms with E-state index in [-0.39, 0.29) is 17.9 Å². The Morgan fingerprint density at radius 3 is 2.60 bits per heavy atom. The van der Waals surface area contributed by atoms with Gasteiger partial charge in [-0.05, 0) is 32.1 Å². The number of Topliss-reactive ketones (excluding diaryl/α,β-unsaturated/α-hetero) is 1. The summed E-state index contributed by atoms with van der Waals surface area (Å²) in [6.45, 7) is 1.47. The van der Waals surface area contributed by atoms with Gasteiger partial charge in [0.05, 0.1) is 6.61 Å². The molecule has 1 saturated carbocycles. The van der Waals surface area contributed by atoms with Gasteiger partial charge in [-0.25, -0.2) is 0 Å². The van der Waals surface area contributed by atoms with Crippen LogP contribution in [-0.2, 0) is 9.53 Å². The minimum absolute atomic E-state index is 0.161. The molecular weight excluding hydrogens is 190 g/mol. The Bertz CT molecular complexity index is 224. The number of ether oxygens (including phenoxy) is 1. The minimum atomic E-state index is 0.161. The zero-order valence-electron chi connectivity index (χ0n) is 9.28. The van der Waals surface area contributed by atoms with Gasteiger partial charge < -0.3 is 10.5 Å². The van der Waals surface area contributed by atoms with E-state index in [1.54, 1.807) is 0 Å². The van der Waals surface area contributed by atoms with E-state index in [1.165, 1.54) is 0 Å². The van der Waals surface area contributed by atoms with E-state index in [0.717, 1.165) is 45.1 Å². The zero-order chi connectivity index (χ0) is 10.7. The van der Waals surface area contributed by atoms with Crippen molar-refractivity contribution in [3.8, 4) is 0 Å². The molecule has 0 bridgehead atoms. The van der Waals surface area contributed by atoms with Crippen molar-refractivity contribution in [2.45, 2.75) is 44.6 Å². The summed E-state index contributed by atoms with van der Waals surface area (Å²) >= 11 is 0. The standard InChI is InChI=1S/C12H21NO2/c13-11-5-1-3-9(7-11)12(14)10-4-2-6-15-8-10/h9-11H,1-8,13H2. The fourth-order valence-corrected chi connectivity index (χ4v) is 2.78. The van der Waals surface area contributed by atoms with Crippen LogP contribution in [0.4, 0.5) is 0 Å². The Kier molecular flexibility index (Phi) is 3.76. The van der Waals surface area contributed by atoms with Crippen LogP contribution >= 0.6 is 0 Å². The molecule has 3 nitrogen and oxygen atoms in total. The largest absolute Gasteiger partial charge is 0.381 e. The maximum absolute atomic E-state index is 12.2. The molecule has 86 valence electrons. The second-order valence-electron chi connectivity index (χ2n) is 4.94. The number of hydrogen-bond donors (Lipinski definition) is 1. The van der Waals surface area contributed by atoms with Crippen LogP contribution in [0, 0.1) is 11.8 Å². The van der Waals surface area contributed by atoms with Gasteiger partial charge in [-0.2, -0.15) is 0 Å². The quantitative estimate of drug-likeness (QED) is 0.753. The lowest BCUT2D eigenvalue weighted by Gasteiger charge is -2.30. The molecule has 3 atom stereocenters. The number of carbonyl (C=O) groups excluding carboxylic acids is 1. The number of hydrogen-bond acceptors (Lipinski definition) is 3. The third kappa shape index (κ3) is 2.79. The summed E-state index contributed by atoms with van der Waals surface area (Å²) in [5, 5.41) is 0. The lowest BCUT2D eigenvalue weighted by atomic mass is 9.78. The first kappa shape index (κ1) is 11.1. The van der Waals surface area contributed by atoms with Gasteiger partial charge in [0.25, 0.3) is 0 Å². The highest BCUT2D eigenvalue weighted by atomic mass is 16.5. The van der Waals surface area contributed by atoms with Gasteiger partial charge in [0.2, 0.25) is 0 Å². The van der Waals surface area contributed by atoms with Crippen molar-refractivity contribution in [2.24, 2.45) is 17.6 Å². The van der Waals surface area contributed by atoms with Crippen molar-refractivity contribution in [1.82, 2.24) is 0 Å². The monoisotopic (exact) mass is 211 g/mol. The summed E-state index contributed by atoms with van der Waals surface area (Å²) in [4.78, 5) is 12.2. The molecule has 2 fully saturated rings. The van der Waals surface area contributed by atoms with Crippen molar-refractivity contribution in [2.75, 3.05) is 13.2 Å². The van der Waals surface area contributed by atoms with E-state index in [9.17, 15) is 4.79 Å². The molecule has 0 aromatic heterocycles. The summed E-state index contributed by atoms with van der Waals surface area (Å²) in [5.74, 6) is 0.805. The van der Waals surface area contributed by atoms with Crippen LogP contribution in [0.5, 0.6) is 0 Å². The molecule has 2 rings (SSSR count). The molecule has 0 radical (unpaired) electrons. The average molecular weight is 211 g/mol. The fourth-order valence-electron chi connectivity index (χ4n) is 2.78. The van der Waals surface area contributed by atoms with Crippen LogP contribution in [-0.4, -0.2) is 25.0 Å². The van der Waals surface area contributed by atoms with E-state index in [4.69, 9.17) is 10.5 Å². The molecule has 0 aromatic carbocycles.